The summed E-state index contributed by atoms with van der Waals surface area (Å²) in [6, 6.07) is 9.79. The minimum atomic E-state index is -3.20. The Balaban J connectivity index is 1.98. The molecule has 2 aromatic rings. The number of hydrogen-bond acceptors (Lipinski definition) is 6. The van der Waals surface area contributed by atoms with Gasteiger partial charge >= 0.3 is 13.3 Å². The van der Waals surface area contributed by atoms with Crippen molar-refractivity contribution < 1.29 is 18.5 Å². The monoisotopic (exact) mass is 383 g/mol. The minimum Gasteiger partial charge on any atom is -0.407 e. The van der Waals surface area contributed by atoms with E-state index in [2.05, 4.69) is 4.98 Å². The summed E-state index contributed by atoms with van der Waals surface area (Å²) in [6.45, 7) is 4.37. The van der Waals surface area contributed by atoms with Crippen molar-refractivity contribution in [3.05, 3.63) is 52.1 Å². The molecule has 9 heteroatoms. The average Bonchev–Trinajstić information content (AvgIpc) is 2.89. The second kappa shape index (κ2) is 9.62. The number of rotatable bonds is 11. The van der Waals surface area contributed by atoms with Gasteiger partial charge in [0.15, 0.2) is 5.82 Å². The van der Waals surface area contributed by atoms with Gasteiger partial charge in [-0.1, -0.05) is 30.3 Å². The fraction of sp³-hybridized carbons (Fsp3) is 0.471. The van der Waals surface area contributed by atoms with Crippen molar-refractivity contribution in [1.29, 1.82) is 0 Å². The predicted octanol–water partition coefficient (Wildman–Crippen LogP) is 2.24. The van der Waals surface area contributed by atoms with Crippen molar-refractivity contribution >= 4 is 13.4 Å². The van der Waals surface area contributed by atoms with Gasteiger partial charge in [0.25, 0.3) is 0 Å². The molecule has 1 heterocycles. The normalized spacial score (nSPS) is 11.6. The van der Waals surface area contributed by atoms with Crippen molar-refractivity contribution in [2.45, 2.75) is 26.7 Å². The number of aryl methyl sites for hydroxylation is 1. The van der Waals surface area contributed by atoms with Crippen molar-refractivity contribution in [3.8, 4) is 0 Å². The first-order valence-corrected chi connectivity index (χ1v) is 10.4. The highest BCUT2D eigenvalue weighted by atomic mass is 31.2. The van der Waals surface area contributed by atoms with Crippen LogP contribution in [0.25, 0.3) is 0 Å². The Morgan fingerprint density at radius 3 is 2.38 bits per heavy atom. The molecule has 26 heavy (non-hydrogen) atoms. The molecule has 0 aliphatic carbocycles. The van der Waals surface area contributed by atoms with E-state index in [1.165, 1.54) is 0 Å². The predicted molar refractivity (Wildman–Crippen MR) is 100 cm³/mol. The number of nitrogens with two attached hydrogens (primary N) is 1. The second-order valence-electron chi connectivity index (χ2n) is 5.58. The second-order valence-corrected chi connectivity index (χ2v) is 7.76. The summed E-state index contributed by atoms with van der Waals surface area (Å²) in [7, 11) is -3.20. The first-order valence-electron chi connectivity index (χ1n) is 8.63. The molecular weight excluding hydrogens is 357 g/mol. The Kier molecular flexibility index (Phi) is 7.50. The first kappa shape index (κ1) is 20.3. The highest BCUT2D eigenvalue weighted by molar-refractivity contribution is 7.53. The maximum absolute atomic E-state index is 12.5. The molecule has 0 fully saturated rings. The van der Waals surface area contributed by atoms with Crippen LogP contribution in [-0.4, -0.2) is 35.7 Å². The fourth-order valence-electron chi connectivity index (χ4n) is 2.50. The van der Waals surface area contributed by atoms with Gasteiger partial charge in [-0.05, 0) is 19.4 Å². The average molecular weight is 383 g/mol. The van der Waals surface area contributed by atoms with E-state index in [1.54, 1.807) is 13.8 Å². The van der Waals surface area contributed by atoms with E-state index >= 15 is 0 Å². The van der Waals surface area contributed by atoms with Crippen LogP contribution in [0.1, 0.15) is 25.1 Å². The number of aromatic amines is 1. The molecule has 0 saturated heterocycles. The van der Waals surface area contributed by atoms with E-state index < -0.39 is 13.3 Å². The van der Waals surface area contributed by atoms with Crippen LogP contribution in [0.15, 0.2) is 35.1 Å². The van der Waals surface area contributed by atoms with Crippen LogP contribution in [0.4, 0.5) is 5.82 Å². The topological polar surface area (TPSA) is 109 Å². The number of imidazole rings is 1. The largest absolute Gasteiger partial charge is 0.407 e. The molecule has 1 aromatic carbocycles. The number of H-pyrrole nitrogens is 1. The molecule has 0 radical (unpaired) electrons. The highest BCUT2D eigenvalue weighted by Gasteiger charge is 2.25. The summed E-state index contributed by atoms with van der Waals surface area (Å²) in [6.07, 6.45) is 1.04. The van der Waals surface area contributed by atoms with E-state index in [1.807, 2.05) is 30.3 Å². The van der Waals surface area contributed by atoms with Gasteiger partial charge in [-0.25, -0.2) is 4.79 Å². The molecule has 2 rings (SSSR count). The zero-order valence-corrected chi connectivity index (χ0v) is 16.0. The Morgan fingerprint density at radius 2 is 1.77 bits per heavy atom. The van der Waals surface area contributed by atoms with Crippen LogP contribution in [-0.2, 0) is 26.5 Å². The fourth-order valence-corrected chi connectivity index (χ4v) is 4.12. The molecule has 0 bridgehead atoms. The summed E-state index contributed by atoms with van der Waals surface area (Å²) in [4.78, 5) is 20.2. The first-order chi connectivity index (χ1) is 12.5. The summed E-state index contributed by atoms with van der Waals surface area (Å²) in [5.74, 6) is 0.169. The lowest BCUT2D eigenvalue weighted by Crippen LogP contribution is -2.27. The maximum atomic E-state index is 12.5. The molecular formula is C17H26N3O5P. The third-order valence-electron chi connectivity index (χ3n) is 3.71. The molecule has 1 aromatic heterocycles. The number of benzene rings is 1. The smallest absolute Gasteiger partial charge is 0.360 e. The van der Waals surface area contributed by atoms with Crippen LogP contribution < -0.4 is 16.3 Å². The van der Waals surface area contributed by atoms with E-state index in [-0.39, 0.29) is 31.6 Å². The molecule has 0 saturated carbocycles. The van der Waals surface area contributed by atoms with E-state index in [0.29, 0.717) is 18.7 Å². The number of nitrogens with one attached hydrogen (secondary N) is 1. The highest BCUT2D eigenvalue weighted by Crippen LogP contribution is 2.48. The van der Waals surface area contributed by atoms with E-state index in [4.69, 9.17) is 19.6 Å². The van der Waals surface area contributed by atoms with Gasteiger partial charge in [-0.15, -0.1) is 4.73 Å². The molecule has 144 valence electrons. The van der Waals surface area contributed by atoms with Crippen molar-refractivity contribution in [2.75, 3.05) is 31.7 Å². The number of anilines is 1. The molecule has 0 unspecified atom stereocenters. The van der Waals surface area contributed by atoms with Crippen LogP contribution in [0, 0.1) is 0 Å². The summed E-state index contributed by atoms with van der Waals surface area (Å²) >= 11 is 0. The van der Waals surface area contributed by atoms with Crippen LogP contribution in [0.3, 0.4) is 0 Å². The Labute approximate surface area is 152 Å². The van der Waals surface area contributed by atoms with Gasteiger partial charge in [-0.3, -0.25) is 4.57 Å². The van der Waals surface area contributed by atoms with Gasteiger partial charge in [-0.2, -0.15) is 0 Å². The quantitative estimate of drug-likeness (QED) is 0.576. The number of aromatic nitrogens is 2. The van der Waals surface area contributed by atoms with Crippen LogP contribution >= 0.6 is 7.60 Å². The third kappa shape index (κ3) is 5.49. The Morgan fingerprint density at radius 1 is 1.12 bits per heavy atom. The molecule has 0 atom stereocenters. The molecule has 0 amide bonds. The third-order valence-corrected chi connectivity index (χ3v) is 5.79. The Bertz CT molecular complexity index is 777. The van der Waals surface area contributed by atoms with Gasteiger partial charge < -0.3 is 24.6 Å². The van der Waals surface area contributed by atoms with Crippen molar-refractivity contribution in [3.63, 3.8) is 0 Å². The number of nitrogens with zero attached hydrogens (tertiary/aromatic N) is 1. The zero-order valence-electron chi connectivity index (χ0n) is 15.1. The van der Waals surface area contributed by atoms with Gasteiger partial charge in [0, 0.05) is 12.8 Å². The van der Waals surface area contributed by atoms with Crippen LogP contribution in [0.2, 0.25) is 0 Å². The number of hydrogen-bond donors (Lipinski definition) is 2. The lowest BCUT2D eigenvalue weighted by atomic mass is 10.2. The molecule has 3 N–H and O–H groups in total. The van der Waals surface area contributed by atoms with Gasteiger partial charge in [0.2, 0.25) is 0 Å². The molecule has 0 spiro atoms. The lowest BCUT2D eigenvalue weighted by molar-refractivity contribution is 0.110. The maximum Gasteiger partial charge on any atom is 0.360 e. The lowest BCUT2D eigenvalue weighted by Gasteiger charge is -2.16. The molecule has 0 aliphatic rings. The Hall–Kier alpha value is -2.02. The van der Waals surface area contributed by atoms with Gasteiger partial charge in [0.1, 0.15) is 6.61 Å². The van der Waals surface area contributed by atoms with Gasteiger partial charge in [0.05, 0.1) is 25.1 Å². The van der Waals surface area contributed by atoms with E-state index in [0.717, 1.165) is 10.3 Å². The SMILES string of the molecule is CCOP(=O)(CCc1[nH]c(=O)n(OCCc2ccccc2)c1N)OCC. The zero-order chi connectivity index (χ0) is 19.0. The summed E-state index contributed by atoms with van der Waals surface area (Å²) < 4.78 is 24.0. The minimum absolute atomic E-state index is 0.128. The van der Waals surface area contributed by atoms with E-state index in [9.17, 15) is 9.36 Å². The van der Waals surface area contributed by atoms with Crippen molar-refractivity contribution in [2.24, 2.45) is 0 Å². The van der Waals surface area contributed by atoms with Crippen molar-refractivity contribution in [1.82, 2.24) is 9.71 Å². The molecule has 0 aliphatic heterocycles. The van der Waals surface area contributed by atoms with Crippen LogP contribution in [0.5, 0.6) is 0 Å². The summed E-state index contributed by atoms with van der Waals surface area (Å²) in [5, 5.41) is 0. The number of nitrogen functional groups attached to an aromatic ring is 1. The standard InChI is InChI=1S/C17H26N3O5P/c1-3-24-26(22,25-4-2)13-11-15-16(18)20(17(21)19-15)23-12-10-14-8-6-5-7-9-14/h5-9H,3-4,10-13,18H2,1-2H3,(H,19,21). The summed E-state index contributed by atoms with van der Waals surface area (Å²) in [5.41, 5.74) is 7.09. The molecule has 8 nitrogen and oxygen atoms in total.